The van der Waals surface area contributed by atoms with Gasteiger partial charge in [0.25, 0.3) is 0 Å². The molecular weight excluding hydrogens is 321 g/mol. The monoisotopic (exact) mass is 355 g/mol. The summed E-state index contributed by atoms with van der Waals surface area (Å²) >= 11 is -1.40. The van der Waals surface area contributed by atoms with E-state index >= 15 is 0 Å². The third-order valence-electron chi connectivity index (χ3n) is 6.41. The first kappa shape index (κ1) is 16.9. The molecule has 2 heteroatoms. The van der Waals surface area contributed by atoms with Gasteiger partial charge in [-0.2, -0.15) is 0 Å². The molecule has 0 amide bonds. The SMILES string of the molecule is CCN1C(C)C(C)[CH](C)[In]([CH2]C)[CH](C)C(C)C1C. The fourth-order valence-corrected chi connectivity index (χ4v) is 17.7. The van der Waals surface area contributed by atoms with E-state index in [1.165, 1.54) is 6.54 Å². The van der Waals surface area contributed by atoms with E-state index in [1.807, 2.05) is 0 Å². The van der Waals surface area contributed by atoms with Crippen LogP contribution in [0.15, 0.2) is 0 Å². The van der Waals surface area contributed by atoms with Gasteiger partial charge in [-0.1, -0.05) is 0 Å². The number of nitrogens with zero attached hydrogens (tertiary/aromatic N) is 1. The molecule has 1 saturated heterocycles. The molecule has 1 heterocycles. The van der Waals surface area contributed by atoms with Crippen molar-refractivity contribution in [2.24, 2.45) is 11.8 Å². The van der Waals surface area contributed by atoms with Gasteiger partial charge in [0, 0.05) is 0 Å². The summed E-state index contributed by atoms with van der Waals surface area (Å²) < 4.78 is 3.64. The van der Waals surface area contributed by atoms with Crippen molar-refractivity contribution in [2.45, 2.75) is 79.0 Å². The Hall–Kier alpha value is 0.830. The quantitative estimate of drug-likeness (QED) is 0.696. The molecule has 106 valence electrons. The summed E-state index contributed by atoms with van der Waals surface area (Å²) in [5.74, 6) is 1.78. The van der Waals surface area contributed by atoms with E-state index in [0.29, 0.717) is 0 Å². The van der Waals surface area contributed by atoms with Crippen LogP contribution in [0.1, 0.15) is 55.4 Å². The Bertz CT molecular complexity index is 209. The summed E-state index contributed by atoms with van der Waals surface area (Å²) in [6.45, 7) is 21.2. The Morgan fingerprint density at radius 1 is 0.778 bits per heavy atom. The van der Waals surface area contributed by atoms with E-state index < -0.39 is 21.4 Å². The van der Waals surface area contributed by atoms with Crippen molar-refractivity contribution in [3.8, 4) is 0 Å². The second kappa shape index (κ2) is 7.02. The molecule has 0 N–H and O–H groups in total. The van der Waals surface area contributed by atoms with E-state index in [4.69, 9.17) is 0 Å². The summed E-state index contributed by atoms with van der Waals surface area (Å²) in [5, 5.41) is 0. The third-order valence-corrected chi connectivity index (χ3v) is 20.3. The van der Waals surface area contributed by atoms with Crippen molar-refractivity contribution in [1.82, 2.24) is 4.90 Å². The maximum atomic E-state index is 2.76. The van der Waals surface area contributed by atoms with Gasteiger partial charge in [0.05, 0.1) is 0 Å². The molecule has 1 aliphatic rings. The molecule has 0 aromatic heterocycles. The second-order valence-electron chi connectivity index (χ2n) is 6.82. The van der Waals surface area contributed by atoms with Gasteiger partial charge in [0.2, 0.25) is 0 Å². The summed E-state index contributed by atoms with van der Waals surface area (Å²) in [4.78, 5) is 2.76. The van der Waals surface area contributed by atoms with Crippen LogP contribution >= 0.6 is 0 Å². The zero-order chi connectivity index (χ0) is 14.0. The molecule has 0 spiro atoms. The molecule has 0 aromatic rings. The van der Waals surface area contributed by atoms with Crippen molar-refractivity contribution in [1.29, 1.82) is 0 Å². The Morgan fingerprint density at radius 3 is 1.44 bits per heavy atom. The summed E-state index contributed by atoms with van der Waals surface area (Å²) in [7, 11) is 0. The Balaban J connectivity index is 3.06. The maximum absolute atomic E-state index is 2.76. The van der Waals surface area contributed by atoms with Crippen LogP contribution in [0.3, 0.4) is 0 Å². The van der Waals surface area contributed by atoms with Crippen LogP contribution in [0.2, 0.25) is 11.5 Å². The predicted octanol–water partition coefficient (Wildman–Crippen LogP) is 4.67. The van der Waals surface area contributed by atoms with Crippen molar-refractivity contribution in [2.75, 3.05) is 6.54 Å². The summed E-state index contributed by atoms with van der Waals surface area (Å²) in [5.41, 5.74) is 0. The van der Waals surface area contributed by atoms with Crippen LogP contribution in [0, 0.1) is 11.8 Å². The zero-order valence-electron chi connectivity index (χ0n) is 13.9. The second-order valence-corrected chi connectivity index (χ2v) is 18.9. The fraction of sp³-hybridized carbons (Fsp3) is 1.00. The van der Waals surface area contributed by atoms with Crippen LogP contribution in [0.5, 0.6) is 0 Å². The van der Waals surface area contributed by atoms with Crippen LogP contribution < -0.4 is 0 Å². The number of hydrogen-bond donors (Lipinski definition) is 0. The summed E-state index contributed by atoms with van der Waals surface area (Å²) in [6, 6.07) is 1.53. The fourth-order valence-electron chi connectivity index (χ4n) is 4.43. The zero-order valence-corrected chi connectivity index (χ0v) is 17.2. The molecule has 18 heavy (non-hydrogen) atoms. The van der Waals surface area contributed by atoms with Gasteiger partial charge >= 0.3 is 124 Å². The average Bonchev–Trinajstić information content (AvgIpc) is 2.36. The molecule has 0 aliphatic carbocycles. The van der Waals surface area contributed by atoms with Crippen LogP contribution in [0.4, 0.5) is 0 Å². The molecule has 0 radical (unpaired) electrons. The van der Waals surface area contributed by atoms with Gasteiger partial charge < -0.3 is 0 Å². The van der Waals surface area contributed by atoms with Gasteiger partial charge in [0.15, 0.2) is 0 Å². The van der Waals surface area contributed by atoms with Gasteiger partial charge in [-0.15, -0.1) is 0 Å². The van der Waals surface area contributed by atoms with Crippen molar-refractivity contribution >= 4 is 21.4 Å². The van der Waals surface area contributed by atoms with Gasteiger partial charge in [-0.25, -0.2) is 0 Å². The van der Waals surface area contributed by atoms with E-state index in [-0.39, 0.29) is 0 Å². The first-order valence-electron chi connectivity index (χ1n) is 8.12. The molecule has 0 aromatic carbocycles. The normalized spacial score (nSPS) is 43.7. The number of hydrogen-bond acceptors (Lipinski definition) is 1. The molecule has 1 fully saturated rings. The van der Waals surface area contributed by atoms with Crippen molar-refractivity contribution in [3.05, 3.63) is 0 Å². The van der Waals surface area contributed by atoms with E-state index in [2.05, 4.69) is 60.3 Å². The van der Waals surface area contributed by atoms with Crippen LogP contribution in [0.25, 0.3) is 0 Å². The Labute approximate surface area is 123 Å². The Morgan fingerprint density at radius 2 is 1.17 bits per heavy atom. The summed E-state index contributed by atoms with van der Waals surface area (Å²) in [6.07, 6.45) is 0. The van der Waals surface area contributed by atoms with E-state index in [0.717, 1.165) is 31.3 Å². The van der Waals surface area contributed by atoms with Crippen LogP contribution in [-0.2, 0) is 0 Å². The van der Waals surface area contributed by atoms with Gasteiger partial charge in [0.1, 0.15) is 0 Å². The molecule has 0 saturated carbocycles. The van der Waals surface area contributed by atoms with E-state index in [1.54, 1.807) is 4.18 Å². The van der Waals surface area contributed by atoms with E-state index in [9.17, 15) is 0 Å². The van der Waals surface area contributed by atoms with Crippen molar-refractivity contribution in [3.63, 3.8) is 0 Å². The minimum absolute atomic E-state index is 0.765. The van der Waals surface area contributed by atoms with Crippen molar-refractivity contribution < 1.29 is 0 Å². The molecule has 6 atom stereocenters. The molecule has 1 aliphatic heterocycles. The number of rotatable bonds is 2. The molecule has 6 unspecified atom stereocenters. The first-order valence-corrected chi connectivity index (χ1v) is 14.3. The van der Waals surface area contributed by atoms with Crippen LogP contribution in [-0.4, -0.2) is 45.0 Å². The molecular formula is C16H34InN. The third kappa shape index (κ3) is 3.11. The minimum atomic E-state index is -1.40. The molecule has 1 rings (SSSR count). The first-order chi connectivity index (χ1) is 8.36. The molecule has 0 bridgehead atoms. The Kier molecular flexibility index (Phi) is 6.58. The topological polar surface area (TPSA) is 3.24 Å². The van der Waals surface area contributed by atoms with Gasteiger partial charge in [-0.05, 0) is 0 Å². The standard InChI is InChI=1S/C14H29N.C2H5.In/c1-8-11(4)13(6)15(10-3)14(7)12(5)9-2;1-2;/h8-9,11-14H,10H2,1-7H3;1H2,2H3;. The average molecular weight is 355 g/mol. The predicted molar refractivity (Wildman–Crippen MR) is 84.7 cm³/mol. The van der Waals surface area contributed by atoms with Gasteiger partial charge in [-0.3, -0.25) is 0 Å². The molecule has 1 nitrogen and oxygen atoms in total.